The van der Waals surface area contributed by atoms with E-state index in [9.17, 15) is 13.5 Å². The first-order valence-electron chi connectivity index (χ1n) is 9.78. The van der Waals surface area contributed by atoms with Gasteiger partial charge in [0.1, 0.15) is 17.8 Å². The van der Waals surface area contributed by atoms with E-state index in [2.05, 4.69) is 24.2 Å². The number of benzene rings is 1. The number of rotatable bonds is 7. The first-order chi connectivity index (χ1) is 14.7. The molecule has 1 aromatic carbocycles. The highest BCUT2D eigenvalue weighted by molar-refractivity contribution is 7.84. The van der Waals surface area contributed by atoms with E-state index in [4.69, 9.17) is 11.6 Å². The minimum absolute atomic E-state index is 0.143. The van der Waals surface area contributed by atoms with Gasteiger partial charge in [0.15, 0.2) is 0 Å². The molecule has 166 valence electrons. The molecule has 0 spiro atoms. The fourth-order valence-electron chi connectivity index (χ4n) is 4.03. The van der Waals surface area contributed by atoms with E-state index in [1.165, 1.54) is 6.33 Å². The van der Waals surface area contributed by atoms with Crippen LogP contribution in [-0.4, -0.2) is 46.8 Å². The Morgan fingerprint density at radius 3 is 2.74 bits per heavy atom. The molecule has 1 fully saturated rings. The molecular formula is C20H24ClN5O4S. The predicted molar refractivity (Wildman–Crippen MR) is 118 cm³/mol. The molecule has 9 nitrogen and oxygen atoms in total. The molecule has 0 saturated heterocycles. The Bertz CT molecular complexity index is 1180. The van der Waals surface area contributed by atoms with Gasteiger partial charge in [-0.15, -0.1) is 0 Å². The van der Waals surface area contributed by atoms with Crippen molar-refractivity contribution in [2.45, 2.75) is 44.0 Å². The molecule has 31 heavy (non-hydrogen) atoms. The summed E-state index contributed by atoms with van der Waals surface area (Å²) in [5.74, 6) is 0.695. The zero-order valence-electron chi connectivity index (χ0n) is 17.1. The van der Waals surface area contributed by atoms with Crippen molar-refractivity contribution in [2.75, 3.05) is 12.4 Å². The van der Waals surface area contributed by atoms with Crippen LogP contribution in [-0.2, 0) is 21.0 Å². The van der Waals surface area contributed by atoms with Crippen LogP contribution in [0.25, 0.3) is 11.0 Å². The third kappa shape index (κ3) is 4.68. The number of halogens is 1. The van der Waals surface area contributed by atoms with Crippen LogP contribution in [0.15, 0.2) is 42.9 Å². The topological polar surface area (TPSA) is 118 Å². The van der Waals surface area contributed by atoms with Gasteiger partial charge in [-0.2, -0.15) is 13.1 Å². The largest absolute Gasteiger partial charge is 0.388 e. The van der Waals surface area contributed by atoms with Crippen LogP contribution in [0.2, 0.25) is 5.02 Å². The first-order valence-corrected chi connectivity index (χ1v) is 11.6. The van der Waals surface area contributed by atoms with Crippen LogP contribution in [0, 0.1) is 0 Å². The van der Waals surface area contributed by atoms with Crippen molar-refractivity contribution < 1.29 is 17.7 Å². The number of nitrogens with one attached hydrogen (secondary N) is 2. The van der Waals surface area contributed by atoms with Crippen molar-refractivity contribution >= 4 is 38.8 Å². The van der Waals surface area contributed by atoms with Crippen molar-refractivity contribution in [1.82, 2.24) is 19.3 Å². The first kappa shape index (κ1) is 22.0. The fourth-order valence-corrected chi connectivity index (χ4v) is 4.95. The summed E-state index contributed by atoms with van der Waals surface area (Å²) < 4.78 is 32.5. The molecular weight excluding hydrogens is 442 g/mol. The highest BCUT2D eigenvalue weighted by atomic mass is 35.5. The number of aliphatic hydroxyl groups is 1. The molecule has 0 unspecified atom stereocenters. The molecule has 4 rings (SSSR count). The van der Waals surface area contributed by atoms with Crippen molar-refractivity contribution in [3.8, 4) is 0 Å². The summed E-state index contributed by atoms with van der Waals surface area (Å²) in [6, 6.07) is 8.66. The summed E-state index contributed by atoms with van der Waals surface area (Å²) in [5, 5.41) is 15.6. The maximum absolute atomic E-state index is 11.8. The van der Waals surface area contributed by atoms with Gasteiger partial charge in [0.2, 0.25) is 0 Å². The molecule has 11 heteroatoms. The van der Waals surface area contributed by atoms with Gasteiger partial charge in [-0.1, -0.05) is 23.7 Å². The molecule has 1 saturated carbocycles. The van der Waals surface area contributed by atoms with Gasteiger partial charge in [-0.3, -0.25) is 4.18 Å². The van der Waals surface area contributed by atoms with E-state index in [0.29, 0.717) is 35.9 Å². The van der Waals surface area contributed by atoms with E-state index in [0.717, 1.165) is 18.1 Å². The van der Waals surface area contributed by atoms with E-state index in [1.54, 1.807) is 6.92 Å². The van der Waals surface area contributed by atoms with Crippen LogP contribution in [0.5, 0.6) is 0 Å². The molecule has 3 atom stereocenters. The molecule has 3 N–H and O–H groups in total. The molecule has 0 radical (unpaired) electrons. The summed E-state index contributed by atoms with van der Waals surface area (Å²) in [6.45, 7) is 2.20. The van der Waals surface area contributed by atoms with Gasteiger partial charge in [0, 0.05) is 23.8 Å². The number of hydrogen-bond donors (Lipinski definition) is 3. The number of anilines is 1. The zero-order chi connectivity index (χ0) is 22.2. The minimum atomic E-state index is -3.92. The maximum Gasteiger partial charge on any atom is 0.335 e. The van der Waals surface area contributed by atoms with Crippen LogP contribution in [0.1, 0.15) is 31.4 Å². The highest BCUT2D eigenvalue weighted by Gasteiger charge is 2.45. The number of nitrogens with zero attached hydrogens (tertiary/aromatic N) is 3. The quantitative estimate of drug-likeness (QED) is 0.490. The Balaban J connectivity index is 1.55. The summed E-state index contributed by atoms with van der Waals surface area (Å²) in [6.07, 6.45) is 4.14. The van der Waals surface area contributed by atoms with E-state index >= 15 is 0 Å². The average Bonchev–Trinajstić information content (AvgIpc) is 3.28. The van der Waals surface area contributed by atoms with Gasteiger partial charge < -0.3 is 15.0 Å². The monoisotopic (exact) mass is 465 g/mol. The number of aromatic nitrogens is 3. The molecule has 2 heterocycles. The van der Waals surface area contributed by atoms with Gasteiger partial charge in [0.25, 0.3) is 0 Å². The molecule has 0 amide bonds. The SMILES string of the molecule is COS(=O)(=O)N[C@H]1C[C@@H](n2ccc3c(NCc4ccc(Cl)cc4)ncnc32)C[C@]1(C)O. The lowest BCUT2D eigenvalue weighted by atomic mass is 10.0. The van der Waals surface area contributed by atoms with Gasteiger partial charge in [0.05, 0.1) is 24.1 Å². The normalized spacial score (nSPS) is 24.0. The van der Waals surface area contributed by atoms with Crippen molar-refractivity contribution in [3.05, 3.63) is 53.4 Å². The second-order valence-electron chi connectivity index (χ2n) is 7.90. The molecule has 3 aromatic rings. The lowest BCUT2D eigenvalue weighted by Gasteiger charge is -2.25. The van der Waals surface area contributed by atoms with Crippen molar-refractivity contribution in [1.29, 1.82) is 0 Å². The molecule has 0 bridgehead atoms. The Morgan fingerprint density at radius 1 is 1.29 bits per heavy atom. The summed E-state index contributed by atoms with van der Waals surface area (Å²) in [5.41, 5.74) is 0.551. The second-order valence-corrected chi connectivity index (χ2v) is 9.82. The van der Waals surface area contributed by atoms with E-state index in [-0.39, 0.29) is 6.04 Å². The predicted octanol–water partition coefficient (Wildman–Crippen LogP) is 2.63. The Morgan fingerprint density at radius 2 is 2.03 bits per heavy atom. The van der Waals surface area contributed by atoms with Gasteiger partial charge >= 0.3 is 10.3 Å². The van der Waals surface area contributed by atoms with Crippen molar-refractivity contribution in [3.63, 3.8) is 0 Å². The van der Waals surface area contributed by atoms with Gasteiger partial charge in [-0.05, 0) is 43.5 Å². The molecule has 1 aliphatic rings. The number of fused-ring (bicyclic) bond motifs is 1. The van der Waals surface area contributed by atoms with E-state index < -0.39 is 21.9 Å². The smallest absolute Gasteiger partial charge is 0.335 e. The Kier molecular flexibility index (Phi) is 5.93. The lowest BCUT2D eigenvalue weighted by Crippen LogP contribution is -2.47. The average molecular weight is 466 g/mol. The fraction of sp³-hybridized carbons (Fsp3) is 0.400. The molecule has 2 aromatic heterocycles. The summed E-state index contributed by atoms with van der Waals surface area (Å²) in [7, 11) is -2.83. The summed E-state index contributed by atoms with van der Waals surface area (Å²) >= 11 is 5.94. The third-order valence-electron chi connectivity index (χ3n) is 5.69. The third-order valence-corrected chi connectivity index (χ3v) is 6.95. The summed E-state index contributed by atoms with van der Waals surface area (Å²) in [4.78, 5) is 8.79. The maximum atomic E-state index is 11.8. The second kappa shape index (κ2) is 8.36. The Labute approximate surface area is 185 Å². The van der Waals surface area contributed by atoms with Gasteiger partial charge in [-0.25, -0.2) is 9.97 Å². The van der Waals surface area contributed by atoms with Crippen molar-refractivity contribution in [2.24, 2.45) is 0 Å². The minimum Gasteiger partial charge on any atom is -0.388 e. The zero-order valence-corrected chi connectivity index (χ0v) is 18.7. The van der Waals surface area contributed by atoms with Crippen LogP contribution >= 0.6 is 11.6 Å². The van der Waals surface area contributed by atoms with E-state index in [1.807, 2.05) is 41.1 Å². The highest BCUT2D eigenvalue weighted by Crippen LogP contribution is 2.40. The lowest BCUT2D eigenvalue weighted by molar-refractivity contribution is 0.0430. The number of hydrogen-bond acceptors (Lipinski definition) is 7. The molecule has 1 aliphatic carbocycles. The Hall–Kier alpha value is -2.24. The van der Waals surface area contributed by atoms with Crippen LogP contribution < -0.4 is 10.0 Å². The van der Waals surface area contributed by atoms with Crippen LogP contribution in [0.3, 0.4) is 0 Å². The standard InChI is InChI=1S/C20H24ClN5O4S/c1-20(27)10-15(9-17(20)25-31(28,29)30-2)26-8-7-16-18(23-12-24-19(16)26)22-11-13-3-5-14(21)6-4-13/h3-8,12,15,17,25,27H,9-11H2,1-2H3,(H,22,23,24)/t15-,17+,20+/m1/s1. The van der Waals surface area contributed by atoms with Crippen LogP contribution in [0.4, 0.5) is 5.82 Å². The molecule has 0 aliphatic heterocycles.